The van der Waals surface area contributed by atoms with Crippen molar-refractivity contribution < 1.29 is 0 Å². The smallest absolute Gasteiger partial charge is 0.330 e. The summed E-state index contributed by atoms with van der Waals surface area (Å²) in [6, 6.07) is 0. The van der Waals surface area contributed by atoms with Gasteiger partial charge in [0.1, 0.15) is 21.5 Å². The van der Waals surface area contributed by atoms with Crippen molar-refractivity contribution in [2.24, 2.45) is 11.8 Å². The Hall–Kier alpha value is -2.16. The summed E-state index contributed by atoms with van der Waals surface area (Å²) < 4.78 is 1.44. The average molecular weight is 395 g/mol. The molecule has 0 fully saturated rings. The van der Waals surface area contributed by atoms with Gasteiger partial charge in [0.15, 0.2) is 0 Å². The first-order chi connectivity index (χ1) is 12.7. The number of anilines is 2. The molecule has 3 N–H and O–H groups in total. The van der Waals surface area contributed by atoms with E-state index in [4.69, 9.17) is 5.73 Å². The Bertz CT molecular complexity index is 867. The number of rotatable bonds is 9. The standard InChI is InChI=1S/C18H30N6O2S/c1-6-7-13-21-22-14(27-13)10-23(8-11(2)3)15-16(19)24(9-12(4)5)18(26)20-17(15)25/h11-12H,6-10,19H2,1-5H3,(H,20,25,26). The molecule has 8 nitrogen and oxygen atoms in total. The molecule has 150 valence electrons. The van der Waals surface area contributed by atoms with Crippen molar-refractivity contribution in [3.63, 3.8) is 0 Å². The van der Waals surface area contributed by atoms with E-state index in [1.165, 1.54) is 4.57 Å². The monoisotopic (exact) mass is 394 g/mol. The number of nitrogens with zero attached hydrogens (tertiary/aromatic N) is 4. The highest BCUT2D eigenvalue weighted by Crippen LogP contribution is 2.23. The van der Waals surface area contributed by atoms with E-state index in [0.29, 0.717) is 31.2 Å². The Labute approximate surface area is 163 Å². The maximum Gasteiger partial charge on any atom is 0.330 e. The van der Waals surface area contributed by atoms with Crippen LogP contribution in [0.3, 0.4) is 0 Å². The third kappa shape index (κ3) is 5.41. The van der Waals surface area contributed by atoms with Crippen LogP contribution in [0.25, 0.3) is 0 Å². The maximum absolute atomic E-state index is 12.6. The molecular weight excluding hydrogens is 364 g/mol. The summed E-state index contributed by atoms with van der Waals surface area (Å²) in [5.41, 5.74) is 5.68. The predicted octanol–water partition coefficient (Wildman–Crippen LogP) is 2.24. The fourth-order valence-corrected chi connectivity index (χ4v) is 3.90. The summed E-state index contributed by atoms with van der Waals surface area (Å²) >= 11 is 1.55. The third-order valence-electron chi connectivity index (χ3n) is 3.96. The molecule has 0 atom stereocenters. The van der Waals surface area contributed by atoms with Crippen molar-refractivity contribution in [2.75, 3.05) is 17.2 Å². The van der Waals surface area contributed by atoms with Crippen LogP contribution in [0.5, 0.6) is 0 Å². The molecule has 0 amide bonds. The van der Waals surface area contributed by atoms with Gasteiger partial charge in [0.25, 0.3) is 5.56 Å². The molecule has 0 radical (unpaired) electrons. The zero-order chi connectivity index (χ0) is 20.1. The normalized spacial score (nSPS) is 11.5. The Morgan fingerprint density at radius 3 is 2.41 bits per heavy atom. The molecule has 27 heavy (non-hydrogen) atoms. The van der Waals surface area contributed by atoms with Crippen LogP contribution >= 0.6 is 11.3 Å². The first-order valence-electron chi connectivity index (χ1n) is 9.41. The largest absolute Gasteiger partial charge is 0.383 e. The van der Waals surface area contributed by atoms with Crippen molar-refractivity contribution in [2.45, 2.75) is 60.5 Å². The maximum atomic E-state index is 12.6. The minimum atomic E-state index is -0.472. The van der Waals surface area contributed by atoms with E-state index >= 15 is 0 Å². The van der Waals surface area contributed by atoms with Gasteiger partial charge in [-0.15, -0.1) is 10.2 Å². The molecule has 9 heteroatoms. The highest BCUT2D eigenvalue weighted by atomic mass is 32.1. The van der Waals surface area contributed by atoms with E-state index in [0.717, 1.165) is 22.9 Å². The summed E-state index contributed by atoms with van der Waals surface area (Å²) in [4.78, 5) is 29.1. The van der Waals surface area contributed by atoms with Crippen LogP contribution < -0.4 is 21.9 Å². The van der Waals surface area contributed by atoms with Gasteiger partial charge >= 0.3 is 5.69 Å². The molecular formula is C18H30N6O2S. The van der Waals surface area contributed by atoms with Gasteiger partial charge in [-0.25, -0.2) is 4.79 Å². The number of nitrogen functional groups attached to an aromatic ring is 1. The summed E-state index contributed by atoms with van der Waals surface area (Å²) in [6.07, 6.45) is 1.90. The molecule has 2 aromatic heterocycles. The highest BCUT2D eigenvalue weighted by molar-refractivity contribution is 7.11. The number of hydrogen-bond acceptors (Lipinski definition) is 7. The van der Waals surface area contributed by atoms with Gasteiger partial charge in [-0.1, -0.05) is 46.0 Å². The Morgan fingerprint density at radius 1 is 1.15 bits per heavy atom. The molecule has 0 saturated carbocycles. The Morgan fingerprint density at radius 2 is 1.81 bits per heavy atom. The van der Waals surface area contributed by atoms with Crippen LogP contribution in [0.15, 0.2) is 9.59 Å². The minimum absolute atomic E-state index is 0.205. The molecule has 0 saturated heterocycles. The van der Waals surface area contributed by atoms with Crippen molar-refractivity contribution in [1.82, 2.24) is 19.7 Å². The van der Waals surface area contributed by atoms with Crippen molar-refractivity contribution in [3.05, 3.63) is 30.9 Å². The molecule has 0 unspecified atom stereocenters. The van der Waals surface area contributed by atoms with Crippen LogP contribution in [0.2, 0.25) is 0 Å². The van der Waals surface area contributed by atoms with E-state index < -0.39 is 11.2 Å². The molecule has 0 aliphatic heterocycles. The van der Waals surface area contributed by atoms with Crippen LogP contribution in [0, 0.1) is 11.8 Å². The van der Waals surface area contributed by atoms with Gasteiger partial charge in [0.05, 0.1) is 6.54 Å². The molecule has 2 heterocycles. The van der Waals surface area contributed by atoms with E-state index in [1.807, 2.05) is 18.7 Å². The van der Waals surface area contributed by atoms with E-state index in [-0.39, 0.29) is 11.7 Å². The molecule has 0 aromatic carbocycles. The van der Waals surface area contributed by atoms with Gasteiger partial charge in [-0.3, -0.25) is 14.3 Å². The molecule has 2 aromatic rings. The van der Waals surface area contributed by atoms with Crippen LogP contribution in [0.4, 0.5) is 11.5 Å². The summed E-state index contributed by atoms with van der Waals surface area (Å²) in [6.45, 7) is 11.8. The summed E-state index contributed by atoms with van der Waals surface area (Å²) in [5.74, 6) is 0.732. The zero-order valence-electron chi connectivity index (χ0n) is 16.8. The fourth-order valence-electron chi connectivity index (χ4n) is 2.94. The SMILES string of the molecule is CCCc1nnc(CN(CC(C)C)c2c(N)n(CC(C)C)c(=O)[nH]c2=O)s1. The van der Waals surface area contributed by atoms with Crippen LogP contribution in [-0.2, 0) is 19.5 Å². The van der Waals surface area contributed by atoms with Crippen molar-refractivity contribution >= 4 is 22.8 Å². The number of nitrogens with two attached hydrogens (primary N) is 1. The Balaban J connectivity index is 2.46. The number of aryl methyl sites for hydroxylation is 1. The van der Waals surface area contributed by atoms with E-state index in [2.05, 4.69) is 36.0 Å². The molecule has 0 bridgehead atoms. The second-order valence-corrected chi connectivity index (χ2v) is 8.76. The summed E-state index contributed by atoms with van der Waals surface area (Å²) in [5, 5.41) is 10.3. The molecule has 0 spiro atoms. The van der Waals surface area contributed by atoms with E-state index in [9.17, 15) is 9.59 Å². The highest BCUT2D eigenvalue weighted by Gasteiger charge is 2.21. The first-order valence-corrected chi connectivity index (χ1v) is 10.2. The van der Waals surface area contributed by atoms with E-state index in [1.54, 1.807) is 11.3 Å². The minimum Gasteiger partial charge on any atom is -0.383 e. The number of hydrogen-bond donors (Lipinski definition) is 2. The van der Waals surface area contributed by atoms with Crippen LogP contribution in [0.1, 0.15) is 51.1 Å². The van der Waals surface area contributed by atoms with Gasteiger partial charge in [0.2, 0.25) is 0 Å². The van der Waals surface area contributed by atoms with Gasteiger partial charge in [-0.05, 0) is 18.3 Å². The average Bonchev–Trinajstić information content (AvgIpc) is 2.98. The number of nitrogens with one attached hydrogen (secondary N) is 1. The predicted molar refractivity (Wildman–Crippen MR) is 110 cm³/mol. The lowest BCUT2D eigenvalue weighted by Crippen LogP contribution is -2.40. The number of aromatic amines is 1. The Kier molecular flexibility index (Phi) is 7.18. The first kappa shape index (κ1) is 21.1. The van der Waals surface area contributed by atoms with Gasteiger partial charge < -0.3 is 10.6 Å². The lowest BCUT2D eigenvalue weighted by molar-refractivity contribution is 0.505. The van der Waals surface area contributed by atoms with Crippen molar-refractivity contribution in [3.8, 4) is 0 Å². The number of aromatic nitrogens is 4. The lowest BCUT2D eigenvalue weighted by atomic mass is 10.2. The fraction of sp³-hybridized carbons (Fsp3) is 0.667. The summed E-state index contributed by atoms with van der Waals surface area (Å²) in [7, 11) is 0. The molecule has 0 aliphatic carbocycles. The van der Waals surface area contributed by atoms with Gasteiger partial charge in [0, 0.05) is 19.5 Å². The third-order valence-corrected chi connectivity index (χ3v) is 4.93. The quantitative estimate of drug-likeness (QED) is 0.675. The topological polar surface area (TPSA) is 110 Å². The van der Waals surface area contributed by atoms with Crippen molar-refractivity contribution in [1.29, 1.82) is 0 Å². The molecule has 2 rings (SSSR count). The van der Waals surface area contributed by atoms with Crippen LogP contribution in [-0.4, -0.2) is 26.3 Å². The van der Waals surface area contributed by atoms with Gasteiger partial charge in [-0.2, -0.15) is 0 Å². The molecule has 0 aliphatic rings. The second-order valence-electron chi connectivity index (χ2n) is 7.61. The second kappa shape index (κ2) is 9.16. The zero-order valence-corrected chi connectivity index (χ0v) is 17.6. The lowest BCUT2D eigenvalue weighted by Gasteiger charge is -2.27. The number of H-pyrrole nitrogens is 1.